The number of esters is 1. The number of nitrogens with zero attached hydrogens (tertiary/aromatic N) is 2. The number of rotatable bonds is 4. The molecule has 0 unspecified atom stereocenters. The molecule has 7 nitrogen and oxygen atoms in total. The maximum atomic E-state index is 12.6. The Morgan fingerprint density at radius 1 is 1.20 bits per heavy atom. The lowest BCUT2D eigenvalue weighted by atomic mass is 9.93. The molecule has 1 amide bonds. The highest BCUT2D eigenvalue weighted by Crippen LogP contribution is 2.30. The van der Waals surface area contributed by atoms with Gasteiger partial charge < -0.3 is 9.15 Å². The van der Waals surface area contributed by atoms with Crippen LogP contribution in [0, 0.1) is 6.92 Å². The Balaban J connectivity index is 1.56. The zero-order valence-electron chi connectivity index (χ0n) is 16.1. The van der Waals surface area contributed by atoms with Crippen LogP contribution in [0.15, 0.2) is 58.3 Å². The number of fused-ring (bicyclic) bond motifs is 1. The maximum Gasteiger partial charge on any atom is 0.379 e. The van der Waals surface area contributed by atoms with Gasteiger partial charge in [-0.1, -0.05) is 11.6 Å². The average molecular weight is 424 g/mol. The highest BCUT2D eigenvalue weighted by atomic mass is 35.5. The van der Waals surface area contributed by atoms with Crippen LogP contribution in [0.4, 0.5) is 0 Å². The molecule has 2 aromatic heterocycles. The van der Waals surface area contributed by atoms with Crippen molar-refractivity contribution < 1.29 is 18.7 Å². The Labute approximate surface area is 177 Å². The van der Waals surface area contributed by atoms with E-state index in [1.807, 2.05) is 0 Å². The van der Waals surface area contributed by atoms with E-state index in [4.69, 9.17) is 20.8 Å². The van der Waals surface area contributed by atoms with Crippen LogP contribution in [-0.4, -0.2) is 22.6 Å². The third kappa shape index (κ3) is 4.11. The fourth-order valence-electron chi connectivity index (χ4n) is 3.32. The smallest absolute Gasteiger partial charge is 0.379 e. The summed E-state index contributed by atoms with van der Waals surface area (Å²) in [5.74, 6) is 0.183. The van der Waals surface area contributed by atoms with Gasteiger partial charge in [-0.2, -0.15) is 5.10 Å². The third-order valence-electron chi connectivity index (χ3n) is 4.75. The largest absolute Gasteiger partial charge is 0.453 e. The van der Waals surface area contributed by atoms with Crippen molar-refractivity contribution in [2.24, 2.45) is 5.10 Å². The van der Waals surface area contributed by atoms with Crippen LogP contribution in [0.2, 0.25) is 5.02 Å². The molecular weight excluding hydrogens is 406 g/mol. The third-order valence-corrected chi connectivity index (χ3v) is 5.01. The second kappa shape index (κ2) is 8.51. The summed E-state index contributed by atoms with van der Waals surface area (Å²) in [6.07, 6.45) is 5.18. The molecule has 3 aromatic rings. The summed E-state index contributed by atoms with van der Waals surface area (Å²) in [6, 6.07) is 9.85. The van der Waals surface area contributed by atoms with E-state index >= 15 is 0 Å². The van der Waals surface area contributed by atoms with Crippen LogP contribution in [0.3, 0.4) is 0 Å². The molecule has 2 heterocycles. The normalized spacial score (nSPS) is 14.3. The summed E-state index contributed by atoms with van der Waals surface area (Å²) < 4.78 is 11.1. The molecule has 1 N–H and O–H groups in total. The first kappa shape index (κ1) is 19.8. The molecule has 0 saturated carbocycles. The number of pyridine rings is 1. The molecule has 8 heteroatoms. The van der Waals surface area contributed by atoms with E-state index in [0.717, 1.165) is 12.0 Å². The highest BCUT2D eigenvalue weighted by molar-refractivity contribution is 6.30. The quantitative estimate of drug-likeness (QED) is 0.498. The van der Waals surface area contributed by atoms with Crippen LogP contribution in [0.1, 0.15) is 50.6 Å². The number of halogens is 1. The van der Waals surface area contributed by atoms with E-state index < -0.39 is 5.97 Å². The number of hydrazone groups is 1. The van der Waals surface area contributed by atoms with Crippen molar-refractivity contribution in [2.75, 3.05) is 0 Å². The lowest BCUT2D eigenvalue weighted by molar-refractivity contribution is 0.0697. The number of hydrogen-bond acceptors (Lipinski definition) is 6. The Morgan fingerprint density at radius 2 is 2.00 bits per heavy atom. The van der Waals surface area contributed by atoms with Gasteiger partial charge in [0.05, 0.1) is 11.9 Å². The lowest BCUT2D eigenvalue weighted by Crippen LogP contribution is -2.22. The first-order valence-electron chi connectivity index (χ1n) is 9.40. The van der Waals surface area contributed by atoms with Crippen LogP contribution in [-0.2, 0) is 6.42 Å². The minimum atomic E-state index is -0.598. The topological polar surface area (TPSA) is 93.8 Å². The molecular formula is C22H18ClN3O4. The predicted octanol–water partition coefficient (Wildman–Crippen LogP) is 4.33. The number of amides is 1. The molecule has 0 spiro atoms. The molecule has 0 fully saturated rings. The average Bonchev–Trinajstić information content (AvgIpc) is 3.10. The van der Waals surface area contributed by atoms with Crippen molar-refractivity contribution in [3.05, 3.63) is 82.0 Å². The summed E-state index contributed by atoms with van der Waals surface area (Å²) >= 11 is 5.86. The number of aromatic nitrogens is 1. The first-order chi connectivity index (χ1) is 14.5. The minimum Gasteiger partial charge on any atom is -0.453 e. The second-order valence-electron chi connectivity index (χ2n) is 6.79. The van der Waals surface area contributed by atoms with Gasteiger partial charge in [0.15, 0.2) is 0 Å². The lowest BCUT2D eigenvalue weighted by Gasteiger charge is -2.13. The van der Waals surface area contributed by atoms with Crippen molar-refractivity contribution in [1.82, 2.24) is 10.4 Å². The molecule has 0 bridgehead atoms. The second-order valence-corrected chi connectivity index (χ2v) is 7.23. The molecule has 1 aromatic carbocycles. The number of carbonyl (C=O) groups excluding carboxylic acids is 2. The standard InChI is InChI=1S/C22H18ClN3O4/c1-13-19-17(25-26-21(27)14-7-9-15(23)10-8-14)5-2-6-18(19)30-20(13)22(28)29-16-4-3-11-24-12-16/h3-4,7-12H,2,5-6H2,1H3,(H,26,27)/b25-17+. The molecule has 0 aliphatic heterocycles. The fraction of sp³-hybridized carbons (Fsp3) is 0.182. The Kier molecular flexibility index (Phi) is 5.63. The van der Waals surface area contributed by atoms with E-state index in [-0.39, 0.29) is 11.7 Å². The van der Waals surface area contributed by atoms with Gasteiger partial charge in [-0.25, -0.2) is 10.2 Å². The van der Waals surface area contributed by atoms with Crippen molar-refractivity contribution in [2.45, 2.75) is 26.2 Å². The number of aryl methyl sites for hydroxylation is 1. The maximum absolute atomic E-state index is 12.6. The molecule has 1 aliphatic rings. The van der Waals surface area contributed by atoms with E-state index in [1.165, 1.54) is 6.20 Å². The Bertz CT molecular complexity index is 1120. The van der Waals surface area contributed by atoms with E-state index in [0.29, 0.717) is 46.2 Å². The summed E-state index contributed by atoms with van der Waals surface area (Å²) in [5, 5.41) is 4.85. The molecule has 4 rings (SSSR count). The van der Waals surface area contributed by atoms with Crippen molar-refractivity contribution in [3.8, 4) is 5.75 Å². The summed E-state index contributed by atoms with van der Waals surface area (Å²) in [4.78, 5) is 28.8. The predicted molar refractivity (Wildman–Crippen MR) is 111 cm³/mol. The van der Waals surface area contributed by atoms with E-state index in [2.05, 4.69) is 15.5 Å². The number of benzene rings is 1. The first-order valence-corrected chi connectivity index (χ1v) is 9.78. The van der Waals surface area contributed by atoms with Crippen molar-refractivity contribution in [1.29, 1.82) is 0 Å². The monoisotopic (exact) mass is 423 g/mol. The van der Waals surface area contributed by atoms with Gasteiger partial charge in [0.25, 0.3) is 5.91 Å². The Morgan fingerprint density at radius 3 is 2.73 bits per heavy atom. The van der Waals surface area contributed by atoms with Crippen LogP contribution < -0.4 is 10.2 Å². The van der Waals surface area contributed by atoms with Crippen molar-refractivity contribution in [3.63, 3.8) is 0 Å². The SMILES string of the molecule is Cc1c(C(=O)Oc2cccnc2)oc2c1/C(=N/NC(=O)c1ccc(Cl)cc1)CCC2. The molecule has 0 radical (unpaired) electrons. The number of nitrogens with one attached hydrogen (secondary N) is 1. The fourth-order valence-corrected chi connectivity index (χ4v) is 3.45. The zero-order valence-corrected chi connectivity index (χ0v) is 16.9. The summed E-state index contributed by atoms with van der Waals surface area (Å²) in [5.41, 5.74) is 5.07. The van der Waals surface area contributed by atoms with Gasteiger partial charge in [0, 0.05) is 34.3 Å². The molecule has 1 aliphatic carbocycles. The van der Waals surface area contributed by atoms with Crippen LogP contribution in [0.25, 0.3) is 0 Å². The number of furan rings is 1. The van der Waals surface area contributed by atoms with Gasteiger partial charge in [-0.05, 0) is 56.2 Å². The molecule has 30 heavy (non-hydrogen) atoms. The number of ether oxygens (including phenoxy) is 1. The van der Waals surface area contributed by atoms with Gasteiger partial charge in [-0.3, -0.25) is 9.78 Å². The zero-order chi connectivity index (χ0) is 21.1. The highest BCUT2D eigenvalue weighted by Gasteiger charge is 2.29. The molecule has 0 atom stereocenters. The van der Waals surface area contributed by atoms with Crippen LogP contribution in [0.5, 0.6) is 5.75 Å². The van der Waals surface area contributed by atoms with Crippen molar-refractivity contribution >= 4 is 29.2 Å². The minimum absolute atomic E-state index is 0.127. The Hall–Kier alpha value is -3.45. The summed E-state index contributed by atoms with van der Waals surface area (Å²) in [6.45, 7) is 1.78. The molecule has 152 valence electrons. The number of hydrogen-bond donors (Lipinski definition) is 1. The van der Waals surface area contributed by atoms with Crippen LogP contribution >= 0.6 is 11.6 Å². The summed E-state index contributed by atoms with van der Waals surface area (Å²) in [7, 11) is 0. The van der Waals surface area contributed by atoms with Gasteiger partial charge in [-0.15, -0.1) is 0 Å². The molecule has 0 saturated heterocycles. The van der Waals surface area contributed by atoms with Gasteiger partial charge in [0.2, 0.25) is 5.76 Å². The van der Waals surface area contributed by atoms with E-state index in [9.17, 15) is 9.59 Å². The van der Waals surface area contributed by atoms with Gasteiger partial charge >= 0.3 is 5.97 Å². The van der Waals surface area contributed by atoms with E-state index in [1.54, 1.807) is 49.5 Å². The number of carbonyl (C=O) groups is 2. The van der Waals surface area contributed by atoms with Gasteiger partial charge in [0.1, 0.15) is 11.5 Å².